The predicted octanol–water partition coefficient (Wildman–Crippen LogP) is 0.656. The minimum atomic E-state index is -3.65. The number of hydrogen-bond donors (Lipinski definition) is 1. The summed E-state index contributed by atoms with van der Waals surface area (Å²) in [6.45, 7) is 3.89. The van der Waals surface area contributed by atoms with Crippen LogP contribution < -0.4 is 5.73 Å². The van der Waals surface area contributed by atoms with Crippen molar-refractivity contribution in [1.82, 2.24) is 9.21 Å². The van der Waals surface area contributed by atoms with E-state index in [9.17, 15) is 12.8 Å². The molecule has 0 bridgehead atoms. The average Bonchev–Trinajstić information content (AvgIpc) is 2.45. The summed E-state index contributed by atoms with van der Waals surface area (Å²) in [6.07, 6.45) is 5.25. The Morgan fingerprint density at radius 2 is 1.95 bits per heavy atom. The van der Waals surface area contributed by atoms with Crippen molar-refractivity contribution >= 4 is 15.7 Å². The van der Waals surface area contributed by atoms with Gasteiger partial charge in [-0.2, -0.15) is 4.31 Å². The molecule has 114 valence electrons. The molecule has 0 radical (unpaired) electrons. The molecular weight excluding hydrogens is 293 g/mol. The maximum Gasteiger partial charge on any atom is 0.243 e. The summed E-state index contributed by atoms with van der Waals surface area (Å²) in [6, 6.07) is 2.49. The lowest BCUT2D eigenvalue weighted by Gasteiger charge is -2.33. The molecule has 1 fully saturated rings. The Labute approximate surface area is 124 Å². The van der Waals surface area contributed by atoms with Gasteiger partial charge in [-0.1, -0.05) is 5.92 Å². The first kappa shape index (κ1) is 15.8. The summed E-state index contributed by atoms with van der Waals surface area (Å²) in [5.41, 5.74) is 5.59. The van der Waals surface area contributed by atoms with E-state index in [4.69, 9.17) is 12.2 Å². The number of anilines is 1. The Hall–Kier alpha value is -1.62. The number of aryl methyl sites for hydroxylation is 1. The molecule has 1 heterocycles. The molecule has 5 nitrogen and oxygen atoms in total. The maximum atomic E-state index is 13.5. The van der Waals surface area contributed by atoms with Crippen LogP contribution in [-0.2, 0) is 10.0 Å². The van der Waals surface area contributed by atoms with Crippen LogP contribution in [0, 0.1) is 25.1 Å². The van der Waals surface area contributed by atoms with Gasteiger partial charge in [-0.05, 0) is 24.6 Å². The highest BCUT2D eigenvalue weighted by Gasteiger charge is 2.29. The van der Waals surface area contributed by atoms with E-state index in [0.717, 1.165) is 0 Å². The van der Waals surface area contributed by atoms with Crippen LogP contribution in [0.25, 0.3) is 0 Å². The Morgan fingerprint density at radius 1 is 1.33 bits per heavy atom. The lowest BCUT2D eigenvalue weighted by atomic mass is 10.2. The molecule has 1 saturated heterocycles. The van der Waals surface area contributed by atoms with Crippen molar-refractivity contribution in [1.29, 1.82) is 0 Å². The molecule has 0 aromatic heterocycles. The van der Waals surface area contributed by atoms with Gasteiger partial charge in [-0.15, -0.1) is 6.42 Å². The van der Waals surface area contributed by atoms with Gasteiger partial charge in [0.15, 0.2) is 0 Å². The molecule has 1 aromatic carbocycles. The number of terminal acetylenes is 1. The predicted molar refractivity (Wildman–Crippen MR) is 79.6 cm³/mol. The number of nitrogens with two attached hydrogens (primary N) is 1. The molecule has 1 aromatic rings. The van der Waals surface area contributed by atoms with E-state index < -0.39 is 15.8 Å². The number of sulfonamides is 1. The number of rotatable bonds is 3. The first-order valence-electron chi connectivity index (χ1n) is 6.58. The third kappa shape index (κ3) is 3.18. The van der Waals surface area contributed by atoms with E-state index in [1.165, 1.54) is 23.4 Å². The van der Waals surface area contributed by atoms with Crippen LogP contribution in [0.5, 0.6) is 0 Å². The standard InChI is InChI=1S/C14H18FN3O2S/c1-3-4-17-5-7-18(8-6-17)21(19,20)12-9-11(2)14(15)13(16)10-12/h1,9-10H,4-8,16H2,2H3. The first-order valence-corrected chi connectivity index (χ1v) is 8.02. The van der Waals surface area contributed by atoms with Gasteiger partial charge in [-0.25, -0.2) is 12.8 Å². The molecular formula is C14H18FN3O2S. The summed E-state index contributed by atoms with van der Waals surface area (Å²) >= 11 is 0. The van der Waals surface area contributed by atoms with Gasteiger partial charge in [-0.3, -0.25) is 4.90 Å². The van der Waals surface area contributed by atoms with E-state index in [1.807, 2.05) is 4.90 Å². The van der Waals surface area contributed by atoms with Crippen LogP contribution in [0.4, 0.5) is 10.1 Å². The number of benzene rings is 1. The van der Waals surface area contributed by atoms with Crippen LogP contribution >= 0.6 is 0 Å². The summed E-state index contributed by atoms with van der Waals surface area (Å²) in [7, 11) is -3.65. The zero-order chi connectivity index (χ0) is 15.6. The van der Waals surface area contributed by atoms with E-state index >= 15 is 0 Å². The third-order valence-corrected chi connectivity index (χ3v) is 5.42. The van der Waals surface area contributed by atoms with Crippen molar-refractivity contribution in [3.63, 3.8) is 0 Å². The zero-order valence-electron chi connectivity index (χ0n) is 11.8. The molecule has 0 spiro atoms. The van der Waals surface area contributed by atoms with Crippen molar-refractivity contribution in [2.24, 2.45) is 0 Å². The largest absolute Gasteiger partial charge is 0.396 e. The minimum absolute atomic E-state index is 0.0318. The molecule has 0 atom stereocenters. The van der Waals surface area contributed by atoms with Crippen molar-refractivity contribution in [3.8, 4) is 12.3 Å². The topological polar surface area (TPSA) is 66.6 Å². The molecule has 0 unspecified atom stereocenters. The van der Waals surface area contributed by atoms with Crippen molar-refractivity contribution < 1.29 is 12.8 Å². The fraction of sp³-hybridized carbons (Fsp3) is 0.429. The SMILES string of the molecule is C#CCN1CCN(S(=O)(=O)c2cc(C)c(F)c(N)c2)CC1. The van der Waals surface area contributed by atoms with Crippen LogP contribution in [0.1, 0.15) is 5.56 Å². The zero-order valence-corrected chi connectivity index (χ0v) is 12.7. The molecule has 1 aliphatic heterocycles. The smallest absolute Gasteiger partial charge is 0.243 e. The fourth-order valence-electron chi connectivity index (χ4n) is 2.32. The second-order valence-corrected chi connectivity index (χ2v) is 6.97. The maximum absolute atomic E-state index is 13.5. The molecule has 1 aliphatic rings. The monoisotopic (exact) mass is 311 g/mol. The van der Waals surface area contributed by atoms with E-state index in [0.29, 0.717) is 32.7 Å². The number of halogens is 1. The Morgan fingerprint density at radius 3 is 2.48 bits per heavy atom. The highest BCUT2D eigenvalue weighted by Crippen LogP contribution is 2.24. The molecule has 21 heavy (non-hydrogen) atoms. The first-order chi connectivity index (χ1) is 9.86. The number of piperazine rings is 1. The average molecular weight is 311 g/mol. The number of hydrogen-bond acceptors (Lipinski definition) is 4. The normalized spacial score (nSPS) is 17.6. The van der Waals surface area contributed by atoms with Gasteiger partial charge >= 0.3 is 0 Å². The van der Waals surface area contributed by atoms with Gasteiger partial charge in [0, 0.05) is 26.2 Å². The van der Waals surface area contributed by atoms with Crippen LogP contribution in [-0.4, -0.2) is 50.3 Å². The molecule has 0 saturated carbocycles. The van der Waals surface area contributed by atoms with E-state index in [1.54, 1.807) is 0 Å². The molecule has 0 aliphatic carbocycles. The van der Waals surface area contributed by atoms with Gasteiger partial charge in [0.25, 0.3) is 0 Å². The Bertz CT molecular complexity index is 651. The van der Waals surface area contributed by atoms with Crippen LogP contribution in [0.15, 0.2) is 17.0 Å². The Kier molecular flexibility index (Phi) is 4.52. The highest BCUT2D eigenvalue weighted by atomic mass is 32.2. The van der Waals surface area contributed by atoms with Crippen LogP contribution in [0.3, 0.4) is 0 Å². The highest BCUT2D eigenvalue weighted by molar-refractivity contribution is 7.89. The fourth-order valence-corrected chi connectivity index (χ4v) is 3.86. The number of nitrogen functional groups attached to an aromatic ring is 1. The Balaban J connectivity index is 2.22. The summed E-state index contributed by atoms with van der Waals surface area (Å²) in [5, 5.41) is 0. The minimum Gasteiger partial charge on any atom is -0.396 e. The third-order valence-electron chi connectivity index (χ3n) is 3.54. The second-order valence-electron chi connectivity index (χ2n) is 5.03. The molecule has 7 heteroatoms. The quantitative estimate of drug-likeness (QED) is 0.658. The van der Waals surface area contributed by atoms with Gasteiger partial charge in [0.1, 0.15) is 5.82 Å². The van der Waals surface area contributed by atoms with Gasteiger partial charge < -0.3 is 5.73 Å². The number of nitrogens with zero attached hydrogens (tertiary/aromatic N) is 2. The van der Waals surface area contributed by atoms with E-state index in [-0.39, 0.29) is 16.1 Å². The molecule has 2 N–H and O–H groups in total. The molecule has 0 amide bonds. The van der Waals surface area contributed by atoms with Crippen LogP contribution in [0.2, 0.25) is 0 Å². The summed E-state index contributed by atoms with van der Waals surface area (Å²) in [5.74, 6) is 1.97. The lowest BCUT2D eigenvalue weighted by Crippen LogP contribution is -2.48. The van der Waals surface area contributed by atoms with Gasteiger partial charge in [0.05, 0.1) is 17.1 Å². The second kappa shape index (κ2) is 6.02. The van der Waals surface area contributed by atoms with E-state index in [2.05, 4.69) is 5.92 Å². The van der Waals surface area contributed by atoms with Gasteiger partial charge in [0.2, 0.25) is 10.0 Å². The van der Waals surface area contributed by atoms with Crippen molar-refractivity contribution in [3.05, 3.63) is 23.5 Å². The molecule has 2 rings (SSSR count). The van der Waals surface area contributed by atoms with Crippen molar-refractivity contribution in [2.75, 3.05) is 38.5 Å². The summed E-state index contributed by atoms with van der Waals surface area (Å²) in [4.78, 5) is 2.04. The van der Waals surface area contributed by atoms with Crippen molar-refractivity contribution in [2.45, 2.75) is 11.8 Å². The summed E-state index contributed by atoms with van der Waals surface area (Å²) < 4.78 is 40.0. The lowest BCUT2D eigenvalue weighted by molar-refractivity contribution is 0.207.